The van der Waals surface area contributed by atoms with E-state index in [1.165, 1.54) is 19.3 Å². The van der Waals surface area contributed by atoms with Gasteiger partial charge in [-0.25, -0.2) is 4.79 Å². The number of ether oxygens (including phenoxy) is 3. The first-order chi connectivity index (χ1) is 17.5. The smallest absolute Gasteiger partial charge is 0.343 e. The summed E-state index contributed by atoms with van der Waals surface area (Å²) in [7, 11) is 1.62. The van der Waals surface area contributed by atoms with E-state index in [4.69, 9.17) is 14.2 Å². The molecule has 0 spiro atoms. The number of unbranched alkanes of at least 4 members (excludes halogenated alkanes) is 3. The van der Waals surface area contributed by atoms with Gasteiger partial charge in [-0.15, -0.1) is 0 Å². The number of esters is 1. The van der Waals surface area contributed by atoms with E-state index in [1.54, 1.807) is 7.11 Å². The van der Waals surface area contributed by atoms with Crippen molar-refractivity contribution < 1.29 is 23.8 Å². The average molecular weight is 513 g/mol. The number of benzene rings is 1. The van der Waals surface area contributed by atoms with E-state index < -0.39 is 5.60 Å². The minimum atomic E-state index is -0.895. The second-order valence-corrected chi connectivity index (χ2v) is 12.9. The van der Waals surface area contributed by atoms with Crippen molar-refractivity contribution in [3.8, 4) is 11.5 Å². The summed E-state index contributed by atoms with van der Waals surface area (Å²) in [5, 5.41) is 0. The number of carbonyl (C=O) groups excluding carboxylic acids is 2. The third-order valence-electron chi connectivity index (χ3n) is 9.47. The molecule has 1 aromatic carbocycles. The first-order valence-corrected chi connectivity index (χ1v) is 14.7. The van der Waals surface area contributed by atoms with Gasteiger partial charge in [0.05, 0.1) is 0 Å². The molecule has 1 aromatic rings. The lowest BCUT2D eigenvalue weighted by atomic mass is 9.66. The molecule has 1 aliphatic heterocycles. The molecule has 1 heterocycles. The Morgan fingerprint density at radius 2 is 1.84 bits per heavy atom. The van der Waals surface area contributed by atoms with E-state index in [0.29, 0.717) is 31.4 Å². The molecule has 3 aliphatic rings. The zero-order chi connectivity index (χ0) is 26.8. The fraction of sp³-hybridized carbons (Fsp3) is 0.750. The first-order valence-electron chi connectivity index (χ1n) is 14.7. The number of Topliss-reactive ketones (excluding diaryl/α,β-unsaturated/α-hetero) is 1. The average Bonchev–Trinajstić information content (AvgIpc) is 2.86. The lowest BCUT2D eigenvalue weighted by Gasteiger charge is -2.47. The van der Waals surface area contributed by atoms with Gasteiger partial charge in [-0.2, -0.15) is 0 Å². The third kappa shape index (κ3) is 5.77. The van der Waals surface area contributed by atoms with Gasteiger partial charge in [0, 0.05) is 37.4 Å². The van der Waals surface area contributed by atoms with E-state index in [-0.39, 0.29) is 34.6 Å². The molecule has 0 bridgehead atoms. The van der Waals surface area contributed by atoms with Crippen molar-refractivity contribution in [1.82, 2.24) is 0 Å². The summed E-state index contributed by atoms with van der Waals surface area (Å²) in [6.45, 7) is 11.0. The standard InChI is InChI=1S/C32H48O5/c1-7-8-9-11-16-30(2,3)22-19-26(36-29(34)32(35-6)17-12-10-13-18-32)28-24-21-23(33)14-15-25(24)31(4,5)37-27(28)20-22/h19-20,24-25H,7-18,21H2,1-6H3/t24-,25-/m1/s1. The maximum atomic E-state index is 13.7. The van der Waals surface area contributed by atoms with Crippen molar-refractivity contribution in [3.63, 3.8) is 0 Å². The van der Waals surface area contributed by atoms with Crippen LogP contribution in [0.25, 0.3) is 0 Å². The molecule has 5 nitrogen and oxygen atoms in total. The summed E-state index contributed by atoms with van der Waals surface area (Å²) in [6, 6.07) is 4.23. The first kappa shape index (κ1) is 28.1. The van der Waals surface area contributed by atoms with Crippen LogP contribution in [-0.4, -0.2) is 30.1 Å². The molecule has 0 amide bonds. The highest BCUT2D eigenvalue weighted by atomic mass is 16.6. The number of carbonyl (C=O) groups is 2. The van der Waals surface area contributed by atoms with Crippen LogP contribution in [0.5, 0.6) is 11.5 Å². The van der Waals surface area contributed by atoms with Crippen molar-refractivity contribution in [2.24, 2.45) is 5.92 Å². The van der Waals surface area contributed by atoms with Gasteiger partial charge in [0.25, 0.3) is 0 Å². The molecule has 206 valence electrons. The van der Waals surface area contributed by atoms with Crippen LogP contribution in [0, 0.1) is 5.92 Å². The van der Waals surface area contributed by atoms with Crippen LogP contribution in [0.2, 0.25) is 0 Å². The predicted octanol–water partition coefficient (Wildman–Crippen LogP) is 7.81. The zero-order valence-corrected chi connectivity index (χ0v) is 24.0. The molecule has 0 radical (unpaired) electrons. The Bertz CT molecular complexity index is 985. The van der Waals surface area contributed by atoms with Crippen molar-refractivity contribution in [3.05, 3.63) is 23.3 Å². The Labute approximate surface area is 224 Å². The molecule has 4 rings (SSSR count). The maximum Gasteiger partial charge on any atom is 0.343 e. The monoisotopic (exact) mass is 512 g/mol. The van der Waals surface area contributed by atoms with Gasteiger partial charge >= 0.3 is 5.97 Å². The van der Waals surface area contributed by atoms with Gasteiger partial charge in [0.2, 0.25) is 0 Å². The normalized spacial score (nSPS) is 24.5. The van der Waals surface area contributed by atoms with Crippen molar-refractivity contribution >= 4 is 11.8 Å². The van der Waals surface area contributed by atoms with Gasteiger partial charge in [0.15, 0.2) is 5.60 Å². The molecule has 0 saturated heterocycles. The minimum Gasteiger partial charge on any atom is -0.487 e. The van der Waals surface area contributed by atoms with E-state index in [2.05, 4.69) is 46.8 Å². The largest absolute Gasteiger partial charge is 0.487 e. The van der Waals surface area contributed by atoms with Gasteiger partial charge in [0.1, 0.15) is 22.9 Å². The van der Waals surface area contributed by atoms with Crippen LogP contribution in [-0.2, 0) is 19.7 Å². The summed E-state index contributed by atoms with van der Waals surface area (Å²) in [6.07, 6.45) is 12.2. The topological polar surface area (TPSA) is 61.8 Å². The fourth-order valence-electron chi connectivity index (χ4n) is 6.97. The maximum absolute atomic E-state index is 13.7. The molecular weight excluding hydrogens is 464 g/mol. The molecule has 2 fully saturated rings. The molecule has 2 aliphatic carbocycles. The summed E-state index contributed by atoms with van der Waals surface area (Å²) in [4.78, 5) is 26.4. The van der Waals surface area contributed by atoms with Crippen LogP contribution in [0.3, 0.4) is 0 Å². The molecule has 2 saturated carbocycles. The Balaban J connectivity index is 1.76. The van der Waals surface area contributed by atoms with Crippen LogP contribution >= 0.6 is 0 Å². The van der Waals surface area contributed by atoms with Crippen molar-refractivity contribution in [2.45, 2.75) is 141 Å². The molecule has 0 N–H and O–H groups in total. The van der Waals surface area contributed by atoms with E-state index in [9.17, 15) is 9.59 Å². The molecule has 5 heteroatoms. The highest BCUT2D eigenvalue weighted by molar-refractivity contribution is 5.84. The molecular formula is C32H48O5. The second-order valence-electron chi connectivity index (χ2n) is 12.9. The Morgan fingerprint density at radius 1 is 1.11 bits per heavy atom. The van der Waals surface area contributed by atoms with Gasteiger partial charge < -0.3 is 14.2 Å². The van der Waals surface area contributed by atoms with Crippen LogP contribution < -0.4 is 9.47 Å². The molecule has 37 heavy (non-hydrogen) atoms. The van der Waals surface area contributed by atoms with Gasteiger partial charge in [-0.3, -0.25) is 4.79 Å². The van der Waals surface area contributed by atoms with Crippen LogP contribution in [0.15, 0.2) is 12.1 Å². The van der Waals surface area contributed by atoms with Crippen molar-refractivity contribution in [2.75, 3.05) is 7.11 Å². The minimum absolute atomic E-state index is 0.00522. The number of methoxy groups -OCH3 is 1. The zero-order valence-electron chi connectivity index (χ0n) is 24.0. The lowest BCUT2D eigenvalue weighted by Crippen LogP contribution is -2.48. The highest BCUT2D eigenvalue weighted by Gasteiger charge is 2.49. The molecule has 0 aromatic heterocycles. The second kappa shape index (κ2) is 11.1. The van der Waals surface area contributed by atoms with Gasteiger partial charge in [-0.1, -0.05) is 52.9 Å². The quantitative estimate of drug-likeness (QED) is 0.192. The number of ketones is 1. The molecule has 2 atom stereocenters. The Kier molecular flexibility index (Phi) is 8.43. The van der Waals surface area contributed by atoms with Crippen LogP contribution in [0.1, 0.15) is 135 Å². The Hall–Kier alpha value is -1.88. The third-order valence-corrected chi connectivity index (χ3v) is 9.47. The predicted molar refractivity (Wildman–Crippen MR) is 146 cm³/mol. The number of hydrogen-bond donors (Lipinski definition) is 0. The number of rotatable bonds is 9. The summed E-state index contributed by atoms with van der Waals surface area (Å²) < 4.78 is 18.8. The van der Waals surface area contributed by atoms with Crippen molar-refractivity contribution in [1.29, 1.82) is 0 Å². The van der Waals surface area contributed by atoms with Crippen LogP contribution in [0.4, 0.5) is 0 Å². The van der Waals surface area contributed by atoms with Gasteiger partial charge in [-0.05, 0) is 75.5 Å². The van der Waals surface area contributed by atoms with E-state index in [1.807, 2.05) is 0 Å². The van der Waals surface area contributed by atoms with E-state index >= 15 is 0 Å². The molecule has 0 unspecified atom stereocenters. The lowest BCUT2D eigenvalue weighted by molar-refractivity contribution is -0.163. The number of hydrogen-bond acceptors (Lipinski definition) is 5. The summed E-state index contributed by atoms with van der Waals surface area (Å²) in [5.74, 6) is 1.52. The summed E-state index contributed by atoms with van der Waals surface area (Å²) >= 11 is 0. The van der Waals surface area contributed by atoms with E-state index in [0.717, 1.165) is 55.4 Å². The summed E-state index contributed by atoms with van der Waals surface area (Å²) in [5.41, 5.74) is 0.643. The highest BCUT2D eigenvalue weighted by Crippen LogP contribution is 2.55. The Morgan fingerprint density at radius 3 is 2.51 bits per heavy atom. The fourth-order valence-corrected chi connectivity index (χ4v) is 6.97. The SMILES string of the molecule is CCCCCCC(C)(C)c1cc(OC(=O)C2(OC)CCCCC2)c2c(c1)OC(C)(C)[C@@H]1CCC(=O)C[C@@H]21. The number of fused-ring (bicyclic) bond motifs is 3.